The second kappa shape index (κ2) is 5.94. The van der Waals surface area contributed by atoms with Crippen molar-refractivity contribution < 1.29 is 5.11 Å². The predicted octanol–water partition coefficient (Wildman–Crippen LogP) is 3.43. The zero-order valence-electron chi connectivity index (χ0n) is 10.0. The van der Waals surface area contributed by atoms with Crippen molar-refractivity contribution in [1.29, 1.82) is 0 Å². The lowest BCUT2D eigenvalue weighted by atomic mass is 10.1. The molecule has 0 aliphatic carbocycles. The fraction of sp³-hybridized carbons (Fsp3) is 0.357. The monoisotopic (exact) mass is 247 g/mol. The molecule has 3 heteroatoms. The second-order valence-electron chi connectivity index (χ2n) is 4.18. The molecule has 0 unspecified atom stereocenters. The number of aryl methyl sites for hydroxylation is 2. The number of aromatic nitrogens is 1. The fourth-order valence-electron chi connectivity index (χ4n) is 1.75. The zero-order chi connectivity index (χ0) is 12.1. The van der Waals surface area contributed by atoms with Crippen LogP contribution in [0, 0.1) is 6.92 Å². The van der Waals surface area contributed by atoms with Crippen LogP contribution in [0.2, 0.25) is 0 Å². The van der Waals surface area contributed by atoms with E-state index in [4.69, 9.17) is 5.11 Å². The van der Waals surface area contributed by atoms with Gasteiger partial charge in [0.1, 0.15) is 0 Å². The maximum atomic E-state index is 8.74. The molecule has 0 saturated carbocycles. The molecule has 0 bridgehead atoms. The summed E-state index contributed by atoms with van der Waals surface area (Å²) in [7, 11) is 0. The van der Waals surface area contributed by atoms with Gasteiger partial charge in [-0.3, -0.25) is 0 Å². The van der Waals surface area contributed by atoms with Crippen molar-refractivity contribution in [2.75, 3.05) is 6.61 Å². The summed E-state index contributed by atoms with van der Waals surface area (Å²) in [6.45, 7) is 2.37. The fourth-order valence-corrected chi connectivity index (χ4v) is 2.60. The Morgan fingerprint density at radius 2 is 2.18 bits per heavy atom. The van der Waals surface area contributed by atoms with Crippen molar-refractivity contribution in [2.24, 2.45) is 0 Å². The highest BCUT2D eigenvalue weighted by Gasteiger charge is 2.04. The summed E-state index contributed by atoms with van der Waals surface area (Å²) >= 11 is 1.71. The molecule has 0 aliphatic heterocycles. The molecule has 90 valence electrons. The number of hydrogen-bond acceptors (Lipinski definition) is 3. The van der Waals surface area contributed by atoms with E-state index in [9.17, 15) is 0 Å². The number of thiazole rings is 1. The number of aliphatic hydroxyl groups excluding tert-OH is 1. The average molecular weight is 247 g/mol. The quantitative estimate of drug-likeness (QED) is 0.821. The third-order valence-corrected chi connectivity index (χ3v) is 3.57. The van der Waals surface area contributed by atoms with Crippen LogP contribution in [-0.4, -0.2) is 16.7 Å². The summed E-state index contributed by atoms with van der Waals surface area (Å²) in [6, 6.07) is 8.42. The highest BCUT2D eigenvalue weighted by atomic mass is 32.1. The molecule has 0 saturated heterocycles. The number of hydrogen-bond donors (Lipinski definition) is 1. The molecule has 1 heterocycles. The van der Waals surface area contributed by atoms with Crippen LogP contribution in [0.15, 0.2) is 29.6 Å². The van der Waals surface area contributed by atoms with Crippen LogP contribution >= 0.6 is 11.3 Å². The largest absolute Gasteiger partial charge is 0.396 e. The summed E-state index contributed by atoms with van der Waals surface area (Å²) in [5, 5.41) is 12.0. The minimum absolute atomic E-state index is 0.274. The Morgan fingerprint density at radius 3 is 2.94 bits per heavy atom. The molecular weight excluding hydrogens is 230 g/mol. The van der Waals surface area contributed by atoms with Gasteiger partial charge in [-0.2, -0.15) is 0 Å². The van der Waals surface area contributed by atoms with Gasteiger partial charge in [0.2, 0.25) is 0 Å². The minimum Gasteiger partial charge on any atom is -0.396 e. The molecule has 0 amide bonds. The first-order valence-corrected chi connectivity index (χ1v) is 6.80. The van der Waals surface area contributed by atoms with Crippen molar-refractivity contribution in [1.82, 2.24) is 4.98 Å². The molecule has 0 radical (unpaired) electrons. The van der Waals surface area contributed by atoms with Gasteiger partial charge in [0.25, 0.3) is 0 Å². The van der Waals surface area contributed by atoms with Gasteiger partial charge in [0, 0.05) is 17.6 Å². The second-order valence-corrected chi connectivity index (χ2v) is 5.12. The van der Waals surface area contributed by atoms with E-state index >= 15 is 0 Å². The Bertz CT molecular complexity index is 479. The molecule has 2 aromatic rings. The van der Waals surface area contributed by atoms with Crippen molar-refractivity contribution in [3.63, 3.8) is 0 Å². The number of aliphatic hydroxyl groups is 1. The van der Waals surface area contributed by atoms with E-state index in [2.05, 4.69) is 41.6 Å². The molecule has 1 aromatic heterocycles. The standard InChI is InChI=1S/C14H17NOS/c1-11-5-4-6-12(9-11)13-10-17-14(15-13)7-2-3-8-16/h4-6,9-10,16H,2-3,7-8H2,1H3. The van der Waals surface area contributed by atoms with Crippen LogP contribution in [0.25, 0.3) is 11.3 Å². The van der Waals surface area contributed by atoms with E-state index in [0.29, 0.717) is 0 Å². The van der Waals surface area contributed by atoms with Crippen LogP contribution in [0.4, 0.5) is 0 Å². The van der Waals surface area contributed by atoms with Crippen LogP contribution in [0.5, 0.6) is 0 Å². The lowest BCUT2D eigenvalue weighted by Crippen LogP contribution is -1.88. The highest BCUT2D eigenvalue weighted by molar-refractivity contribution is 7.09. The summed E-state index contributed by atoms with van der Waals surface area (Å²) in [5.74, 6) is 0. The van der Waals surface area contributed by atoms with Gasteiger partial charge < -0.3 is 5.11 Å². The van der Waals surface area contributed by atoms with E-state index < -0.39 is 0 Å². The smallest absolute Gasteiger partial charge is 0.0932 e. The minimum atomic E-state index is 0.274. The van der Waals surface area contributed by atoms with E-state index in [1.54, 1.807) is 11.3 Å². The van der Waals surface area contributed by atoms with Crippen LogP contribution in [0.3, 0.4) is 0 Å². The van der Waals surface area contributed by atoms with Gasteiger partial charge in [-0.05, 0) is 32.3 Å². The molecule has 2 rings (SSSR count). The number of benzene rings is 1. The zero-order valence-corrected chi connectivity index (χ0v) is 10.8. The molecular formula is C14H17NOS. The van der Waals surface area contributed by atoms with Crippen molar-refractivity contribution in [3.05, 3.63) is 40.2 Å². The van der Waals surface area contributed by atoms with Crippen LogP contribution in [0.1, 0.15) is 23.4 Å². The van der Waals surface area contributed by atoms with Gasteiger partial charge in [-0.15, -0.1) is 11.3 Å². The normalized spacial score (nSPS) is 10.7. The molecule has 0 spiro atoms. The SMILES string of the molecule is Cc1cccc(-c2csc(CCCCO)n2)c1. The Labute approximate surface area is 106 Å². The first kappa shape index (κ1) is 12.3. The van der Waals surface area contributed by atoms with Gasteiger partial charge in [0.05, 0.1) is 10.7 Å². The first-order valence-electron chi connectivity index (χ1n) is 5.92. The van der Waals surface area contributed by atoms with Gasteiger partial charge in [-0.1, -0.05) is 23.8 Å². The molecule has 17 heavy (non-hydrogen) atoms. The Balaban J connectivity index is 2.07. The molecule has 1 N–H and O–H groups in total. The molecule has 0 fully saturated rings. The number of unbranched alkanes of at least 4 members (excludes halogenated alkanes) is 1. The molecule has 2 nitrogen and oxygen atoms in total. The first-order chi connectivity index (χ1) is 8.29. The van der Waals surface area contributed by atoms with Crippen LogP contribution in [-0.2, 0) is 6.42 Å². The Morgan fingerprint density at radius 1 is 1.29 bits per heavy atom. The van der Waals surface area contributed by atoms with E-state index in [0.717, 1.165) is 30.0 Å². The molecule has 0 aliphatic rings. The van der Waals surface area contributed by atoms with E-state index in [1.807, 2.05) is 0 Å². The summed E-state index contributed by atoms with van der Waals surface area (Å²) in [5.41, 5.74) is 3.52. The summed E-state index contributed by atoms with van der Waals surface area (Å²) in [4.78, 5) is 4.63. The van der Waals surface area contributed by atoms with Gasteiger partial charge in [-0.25, -0.2) is 4.98 Å². The maximum Gasteiger partial charge on any atom is 0.0932 e. The number of rotatable bonds is 5. The van der Waals surface area contributed by atoms with Crippen molar-refractivity contribution in [3.8, 4) is 11.3 Å². The van der Waals surface area contributed by atoms with Crippen LogP contribution < -0.4 is 0 Å². The Kier molecular flexibility index (Phi) is 4.29. The van der Waals surface area contributed by atoms with Gasteiger partial charge >= 0.3 is 0 Å². The third kappa shape index (κ3) is 3.38. The highest BCUT2D eigenvalue weighted by Crippen LogP contribution is 2.23. The van der Waals surface area contributed by atoms with E-state index in [-0.39, 0.29) is 6.61 Å². The lowest BCUT2D eigenvalue weighted by Gasteiger charge is -1.98. The molecule has 0 atom stereocenters. The predicted molar refractivity (Wildman–Crippen MR) is 72.3 cm³/mol. The van der Waals surface area contributed by atoms with Gasteiger partial charge in [0.15, 0.2) is 0 Å². The summed E-state index contributed by atoms with van der Waals surface area (Å²) < 4.78 is 0. The average Bonchev–Trinajstić information content (AvgIpc) is 2.78. The maximum absolute atomic E-state index is 8.74. The topological polar surface area (TPSA) is 33.1 Å². The third-order valence-electron chi connectivity index (χ3n) is 2.66. The van der Waals surface area contributed by atoms with Crippen molar-refractivity contribution >= 4 is 11.3 Å². The Hall–Kier alpha value is -1.19. The van der Waals surface area contributed by atoms with Crippen molar-refractivity contribution in [2.45, 2.75) is 26.2 Å². The van der Waals surface area contributed by atoms with E-state index in [1.165, 1.54) is 11.1 Å². The summed E-state index contributed by atoms with van der Waals surface area (Å²) in [6.07, 6.45) is 2.84. The number of nitrogens with zero attached hydrogens (tertiary/aromatic N) is 1. The lowest BCUT2D eigenvalue weighted by molar-refractivity contribution is 0.284. The molecule has 1 aromatic carbocycles.